The molecule has 116 valence electrons. The fourth-order valence-corrected chi connectivity index (χ4v) is 3.19. The molecule has 0 aromatic carbocycles. The third-order valence-corrected chi connectivity index (χ3v) is 4.84. The molecule has 1 aliphatic heterocycles. The predicted octanol–water partition coefficient (Wildman–Crippen LogP) is 2.81. The first-order valence-electron chi connectivity index (χ1n) is 7.45. The van der Waals surface area contributed by atoms with Crippen molar-refractivity contribution in [3.8, 4) is 0 Å². The van der Waals surface area contributed by atoms with E-state index >= 15 is 0 Å². The molecule has 0 aromatic rings. The Bertz CT molecular complexity index is 384. The summed E-state index contributed by atoms with van der Waals surface area (Å²) >= 11 is 0. The van der Waals surface area contributed by atoms with E-state index in [0.29, 0.717) is 6.42 Å². The van der Waals surface area contributed by atoms with Gasteiger partial charge in [0.05, 0.1) is 12.1 Å². The van der Waals surface area contributed by atoms with Gasteiger partial charge in [-0.25, -0.2) is 0 Å². The lowest BCUT2D eigenvalue weighted by molar-refractivity contribution is -0.119. The minimum Gasteiger partial charge on any atom is -0.391 e. The lowest BCUT2D eigenvalue weighted by Gasteiger charge is -2.41. The molecule has 3 nitrogen and oxygen atoms in total. The number of carbonyl (C=O) groups is 1. The average molecular weight is 302 g/mol. The highest BCUT2D eigenvalue weighted by atomic mass is 35.5. The number of halogens is 1. The highest BCUT2D eigenvalue weighted by Crippen LogP contribution is 2.35. The van der Waals surface area contributed by atoms with Crippen LogP contribution < -0.4 is 0 Å². The third kappa shape index (κ3) is 3.63. The number of hydrogen-bond acceptors (Lipinski definition) is 3. The molecule has 2 atom stereocenters. The molecule has 1 saturated heterocycles. The Labute approximate surface area is 128 Å². The van der Waals surface area contributed by atoms with Crippen LogP contribution >= 0.6 is 12.4 Å². The molecule has 0 bridgehead atoms. The molecule has 1 heterocycles. The normalized spacial score (nSPS) is 32.2. The van der Waals surface area contributed by atoms with Crippen LogP contribution in [0.15, 0.2) is 11.6 Å². The van der Waals surface area contributed by atoms with Crippen LogP contribution in [0.25, 0.3) is 0 Å². The van der Waals surface area contributed by atoms with Crippen LogP contribution in [-0.4, -0.2) is 41.0 Å². The second kappa shape index (κ2) is 6.59. The first-order chi connectivity index (χ1) is 8.81. The third-order valence-electron chi connectivity index (χ3n) is 4.84. The van der Waals surface area contributed by atoms with Gasteiger partial charge in [0.1, 0.15) is 0 Å². The lowest BCUT2D eigenvalue weighted by Crippen LogP contribution is -2.50. The predicted molar refractivity (Wildman–Crippen MR) is 84.2 cm³/mol. The van der Waals surface area contributed by atoms with E-state index in [1.807, 2.05) is 26.8 Å². The van der Waals surface area contributed by atoms with Crippen molar-refractivity contribution in [1.29, 1.82) is 0 Å². The van der Waals surface area contributed by atoms with Gasteiger partial charge in [-0.15, -0.1) is 12.4 Å². The van der Waals surface area contributed by atoms with E-state index in [4.69, 9.17) is 0 Å². The van der Waals surface area contributed by atoms with Gasteiger partial charge in [-0.05, 0) is 49.8 Å². The van der Waals surface area contributed by atoms with Gasteiger partial charge < -0.3 is 5.11 Å². The Morgan fingerprint density at radius 3 is 2.40 bits per heavy atom. The zero-order valence-corrected chi connectivity index (χ0v) is 13.9. The van der Waals surface area contributed by atoms with Gasteiger partial charge in [0.15, 0.2) is 5.78 Å². The molecule has 4 heteroatoms. The topological polar surface area (TPSA) is 40.5 Å². The zero-order chi connectivity index (χ0) is 14.2. The molecule has 1 aliphatic carbocycles. The number of nitrogens with zero attached hydrogens (tertiary/aromatic N) is 1. The number of hydrogen-bond donors (Lipinski definition) is 1. The number of aliphatic hydroxyl groups excluding tert-OH is 1. The van der Waals surface area contributed by atoms with Gasteiger partial charge in [-0.3, -0.25) is 9.69 Å². The van der Waals surface area contributed by atoms with E-state index < -0.39 is 6.10 Å². The number of aliphatic hydroxyl groups is 1. The van der Waals surface area contributed by atoms with Crippen LogP contribution in [0.4, 0.5) is 0 Å². The van der Waals surface area contributed by atoms with Gasteiger partial charge in [0.2, 0.25) is 0 Å². The molecule has 2 rings (SSSR count). The summed E-state index contributed by atoms with van der Waals surface area (Å²) in [5.74, 6) is 0.954. The second-order valence-corrected chi connectivity index (χ2v) is 7.09. The van der Waals surface area contributed by atoms with Crippen molar-refractivity contribution in [2.24, 2.45) is 11.3 Å². The minimum absolute atomic E-state index is 0. The fourth-order valence-electron chi connectivity index (χ4n) is 3.19. The van der Waals surface area contributed by atoms with Gasteiger partial charge in [0.25, 0.3) is 0 Å². The van der Waals surface area contributed by atoms with E-state index in [2.05, 4.69) is 11.8 Å². The van der Waals surface area contributed by atoms with Crippen LogP contribution in [0.5, 0.6) is 0 Å². The standard InChI is InChI=1S/C16H27NO2.ClH/c1-11-5-7-17(8-6-11)13-9-12(2)14(18)10-16(3,4)15(13)19;/h9,11,13,15,19H,5-8,10H2,1-4H3;1H. The smallest absolute Gasteiger partial charge is 0.158 e. The van der Waals surface area contributed by atoms with E-state index in [9.17, 15) is 9.90 Å². The second-order valence-electron chi connectivity index (χ2n) is 7.09. The molecule has 1 N–H and O–H groups in total. The highest BCUT2D eigenvalue weighted by molar-refractivity contribution is 5.95. The van der Waals surface area contributed by atoms with Crippen molar-refractivity contribution < 1.29 is 9.90 Å². The Morgan fingerprint density at radius 1 is 1.30 bits per heavy atom. The van der Waals surface area contributed by atoms with Crippen molar-refractivity contribution in [3.63, 3.8) is 0 Å². The van der Waals surface area contributed by atoms with Gasteiger partial charge in [-0.2, -0.15) is 0 Å². The number of piperidine rings is 1. The molecule has 0 saturated carbocycles. The number of Topliss-reactive ketones (excluding diaryl/α,β-unsaturated/α-hetero) is 1. The Balaban J connectivity index is 0.00000200. The van der Waals surface area contributed by atoms with Crippen molar-refractivity contribution in [2.45, 2.75) is 59.1 Å². The summed E-state index contributed by atoms with van der Waals surface area (Å²) in [6.45, 7) is 10.2. The first kappa shape index (κ1) is 17.7. The van der Waals surface area contributed by atoms with E-state index in [1.165, 1.54) is 12.8 Å². The van der Waals surface area contributed by atoms with Crippen LogP contribution in [0, 0.1) is 11.3 Å². The molecule has 0 spiro atoms. The van der Waals surface area contributed by atoms with Crippen molar-refractivity contribution >= 4 is 18.2 Å². The van der Waals surface area contributed by atoms with E-state index in [0.717, 1.165) is 24.6 Å². The summed E-state index contributed by atoms with van der Waals surface area (Å²) in [6.07, 6.45) is 4.34. The summed E-state index contributed by atoms with van der Waals surface area (Å²) in [5.41, 5.74) is 0.465. The van der Waals surface area contributed by atoms with E-state index in [-0.39, 0.29) is 29.6 Å². The monoisotopic (exact) mass is 301 g/mol. The van der Waals surface area contributed by atoms with Gasteiger partial charge >= 0.3 is 0 Å². The minimum atomic E-state index is -0.470. The van der Waals surface area contributed by atoms with Crippen LogP contribution in [-0.2, 0) is 4.79 Å². The summed E-state index contributed by atoms with van der Waals surface area (Å²) in [6, 6.07) is -0.00560. The average Bonchev–Trinajstić information content (AvgIpc) is 2.41. The molecule has 2 aliphatic rings. The fraction of sp³-hybridized carbons (Fsp3) is 0.812. The Morgan fingerprint density at radius 2 is 1.85 bits per heavy atom. The van der Waals surface area contributed by atoms with Crippen LogP contribution in [0.3, 0.4) is 0 Å². The Hall–Kier alpha value is -0.380. The molecule has 20 heavy (non-hydrogen) atoms. The molecule has 2 unspecified atom stereocenters. The summed E-state index contributed by atoms with van der Waals surface area (Å²) in [5, 5.41) is 10.7. The van der Waals surface area contributed by atoms with E-state index in [1.54, 1.807) is 0 Å². The molecule has 0 aromatic heterocycles. The molecule has 0 amide bonds. The summed E-state index contributed by atoms with van der Waals surface area (Å²) < 4.78 is 0. The number of likely N-dealkylation sites (tertiary alicyclic amines) is 1. The lowest BCUT2D eigenvalue weighted by atomic mass is 9.79. The van der Waals surface area contributed by atoms with Crippen LogP contribution in [0.2, 0.25) is 0 Å². The van der Waals surface area contributed by atoms with Crippen molar-refractivity contribution in [1.82, 2.24) is 4.90 Å². The maximum Gasteiger partial charge on any atom is 0.158 e. The van der Waals surface area contributed by atoms with Gasteiger partial charge in [-0.1, -0.05) is 26.8 Å². The van der Waals surface area contributed by atoms with Crippen LogP contribution in [0.1, 0.15) is 47.0 Å². The number of ketones is 1. The largest absolute Gasteiger partial charge is 0.391 e. The van der Waals surface area contributed by atoms with Gasteiger partial charge in [0, 0.05) is 6.42 Å². The summed E-state index contributed by atoms with van der Waals surface area (Å²) in [7, 11) is 0. The molecule has 1 fully saturated rings. The van der Waals surface area contributed by atoms with Crippen molar-refractivity contribution in [2.75, 3.05) is 13.1 Å². The first-order valence-corrected chi connectivity index (χ1v) is 7.45. The molecular formula is C16H28ClNO2. The van der Waals surface area contributed by atoms with Crippen molar-refractivity contribution in [3.05, 3.63) is 11.6 Å². The Kier molecular flexibility index (Phi) is 5.82. The number of rotatable bonds is 1. The number of carbonyl (C=O) groups excluding carboxylic acids is 1. The zero-order valence-electron chi connectivity index (χ0n) is 13.1. The SMILES string of the molecule is CC1=CC(N2CCC(C)CC2)C(O)C(C)(C)CC1=O.Cl. The number of allylic oxidation sites excluding steroid dienone is 1. The summed E-state index contributed by atoms with van der Waals surface area (Å²) in [4.78, 5) is 14.4. The molecular weight excluding hydrogens is 274 g/mol. The highest BCUT2D eigenvalue weighted by Gasteiger charge is 2.40. The maximum absolute atomic E-state index is 12.1. The quantitative estimate of drug-likeness (QED) is 0.809. The molecule has 0 radical (unpaired) electrons. The maximum atomic E-state index is 12.1.